The monoisotopic (exact) mass is 365 g/mol. The predicted octanol–water partition coefficient (Wildman–Crippen LogP) is 2.76. The molecule has 27 heavy (non-hydrogen) atoms. The van der Waals surface area contributed by atoms with Gasteiger partial charge in [-0.15, -0.1) is 0 Å². The minimum atomic E-state index is -0.206. The van der Waals surface area contributed by atoms with E-state index in [1.54, 1.807) is 7.11 Å². The van der Waals surface area contributed by atoms with Crippen LogP contribution < -0.4 is 14.8 Å². The second-order valence-electron chi connectivity index (χ2n) is 6.99. The number of amides is 1. The molecule has 0 bridgehead atoms. The van der Waals surface area contributed by atoms with Crippen LogP contribution in [0, 0.1) is 12.8 Å². The number of carbonyl (C=O) groups is 1. The first-order chi connectivity index (χ1) is 13.0. The van der Waals surface area contributed by atoms with Gasteiger partial charge in [0.05, 0.1) is 30.8 Å². The zero-order chi connectivity index (χ0) is 19.0. The summed E-state index contributed by atoms with van der Waals surface area (Å²) in [5.74, 6) is 1.34. The highest BCUT2D eigenvalue weighted by molar-refractivity contribution is 5.84. The molecule has 1 aliphatic heterocycles. The molecule has 0 fully saturated rings. The van der Waals surface area contributed by atoms with Crippen molar-refractivity contribution in [3.63, 3.8) is 0 Å². The zero-order valence-corrected chi connectivity index (χ0v) is 15.8. The first-order valence-electron chi connectivity index (χ1n) is 9.05. The summed E-state index contributed by atoms with van der Waals surface area (Å²) in [5, 5.41) is 8.67. The maximum Gasteiger partial charge on any atom is 0.227 e. The minimum Gasteiger partial charge on any atom is -0.497 e. The van der Waals surface area contributed by atoms with E-state index < -0.39 is 0 Å². The third-order valence-electron chi connectivity index (χ3n) is 5.06. The van der Waals surface area contributed by atoms with Gasteiger partial charge in [0.25, 0.3) is 0 Å². The largest absolute Gasteiger partial charge is 0.497 e. The summed E-state index contributed by atoms with van der Waals surface area (Å²) < 4.78 is 12.9. The molecule has 2 aromatic carbocycles. The number of fused-ring (bicyclic) bond motifs is 2. The number of nitrogens with zero attached hydrogens (tertiary/aromatic N) is 2. The molecule has 1 aromatic heterocycles. The normalized spacial score (nSPS) is 15.9. The fourth-order valence-corrected chi connectivity index (χ4v) is 3.55. The van der Waals surface area contributed by atoms with Gasteiger partial charge >= 0.3 is 0 Å². The second kappa shape index (κ2) is 6.95. The van der Waals surface area contributed by atoms with Gasteiger partial charge < -0.3 is 14.8 Å². The highest BCUT2D eigenvalue weighted by Crippen LogP contribution is 2.31. The van der Waals surface area contributed by atoms with Crippen LogP contribution in [0.1, 0.15) is 16.8 Å². The van der Waals surface area contributed by atoms with Crippen LogP contribution in [0.15, 0.2) is 36.4 Å². The molecule has 0 spiro atoms. The number of hydrogen-bond acceptors (Lipinski definition) is 4. The first-order valence-corrected chi connectivity index (χ1v) is 9.05. The number of nitrogens with one attached hydrogen (secondary N) is 1. The molecule has 4 rings (SSSR count). The summed E-state index contributed by atoms with van der Waals surface area (Å²) in [7, 11) is 3.55. The molecule has 1 aliphatic rings. The summed E-state index contributed by atoms with van der Waals surface area (Å²) in [6.07, 6.45) is 0.660. The van der Waals surface area contributed by atoms with Crippen LogP contribution in [0.4, 0.5) is 0 Å². The van der Waals surface area contributed by atoms with Gasteiger partial charge in [0.15, 0.2) is 0 Å². The molecule has 1 N–H and O–H groups in total. The fourth-order valence-electron chi connectivity index (χ4n) is 3.55. The summed E-state index contributed by atoms with van der Waals surface area (Å²) in [5.41, 5.74) is 4.15. The quantitative estimate of drug-likeness (QED) is 0.772. The molecule has 140 valence electrons. The zero-order valence-electron chi connectivity index (χ0n) is 15.8. The van der Waals surface area contributed by atoms with Crippen LogP contribution in [-0.4, -0.2) is 29.4 Å². The van der Waals surface area contributed by atoms with Gasteiger partial charge in [-0.25, -0.2) is 0 Å². The van der Waals surface area contributed by atoms with Crippen molar-refractivity contribution in [2.45, 2.75) is 19.9 Å². The molecule has 2 heterocycles. The van der Waals surface area contributed by atoms with Crippen molar-refractivity contribution in [2.24, 2.45) is 13.0 Å². The van der Waals surface area contributed by atoms with Gasteiger partial charge in [-0.3, -0.25) is 9.48 Å². The number of rotatable bonds is 4. The molecule has 0 unspecified atom stereocenters. The summed E-state index contributed by atoms with van der Waals surface area (Å²) in [4.78, 5) is 12.7. The van der Waals surface area contributed by atoms with Gasteiger partial charge in [0, 0.05) is 18.5 Å². The van der Waals surface area contributed by atoms with Gasteiger partial charge in [-0.2, -0.15) is 5.10 Å². The maximum absolute atomic E-state index is 12.7. The molecule has 1 atom stereocenters. The summed E-state index contributed by atoms with van der Waals surface area (Å²) >= 11 is 0. The van der Waals surface area contributed by atoms with Crippen LogP contribution in [-0.2, 0) is 24.8 Å². The highest BCUT2D eigenvalue weighted by Gasteiger charge is 2.26. The molecule has 6 heteroatoms. The second-order valence-corrected chi connectivity index (χ2v) is 6.99. The molecular weight excluding hydrogens is 342 g/mol. The molecule has 3 aromatic rings. The maximum atomic E-state index is 12.7. The van der Waals surface area contributed by atoms with E-state index in [2.05, 4.69) is 35.5 Å². The molecule has 0 saturated carbocycles. The van der Waals surface area contributed by atoms with E-state index in [4.69, 9.17) is 9.47 Å². The average molecular weight is 365 g/mol. The average Bonchev–Trinajstić information content (AvgIpc) is 3.00. The van der Waals surface area contributed by atoms with Crippen molar-refractivity contribution in [1.82, 2.24) is 15.1 Å². The van der Waals surface area contributed by atoms with E-state index in [0.717, 1.165) is 33.7 Å². The van der Waals surface area contributed by atoms with Crippen molar-refractivity contribution >= 4 is 16.8 Å². The molecule has 0 aliphatic carbocycles. The van der Waals surface area contributed by atoms with Crippen molar-refractivity contribution < 1.29 is 14.3 Å². The topological polar surface area (TPSA) is 65.4 Å². The van der Waals surface area contributed by atoms with Crippen LogP contribution in [0.5, 0.6) is 11.5 Å². The number of carbonyl (C=O) groups excluding carboxylic acids is 1. The minimum absolute atomic E-state index is 0.0112. The lowest BCUT2D eigenvalue weighted by molar-refractivity contribution is -0.126. The van der Waals surface area contributed by atoms with Gasteiger partial charge in [-0.05, 0) is 37.1 Å². The molecule has 0 saturated heterocycles. The van der Waals surface area contributed by atoms with Crippen LogP contribution in [0.2, 0.25) is 0 Å². The van der Waals surface area contributed by atoms with E-state index in [0.29, 0.717) is 19.6 Å². The van der Waals surface area contributed by atoms with Crippen molar-refractivity contribution in [3.05, 3.63) is 53.2 Å². The third kappa shape index (κ3) is 3.35. The van der Waals surface area contributed by atoms with Crippen LogP contribution in [0.3, 0.4) is 0 Å². The van der Waals surface area contributed by atoms with Crippen molar-refractivity contribution in [3.8, 4) is 11.5 Å². The number of aromatic nitrogens is 2. The SMILES string of the molecule is COc1ccc2c(c1)OC[C@@H](C(=O)NCc1nn(C)c3ccc(C)cc13)C2. The van der Waals surface area contributed by atoms with Crippen LogP contribution in [0.25, 0.3) is 10.9 Å². The lowest BCUT2D eigenvalue weighted by atomic mass is 9.96. The molecule has 0 radical (unpaired) electrons. The Bertz CT molecular complexity index is 1010. The van der Waals surface area contributed by atoms with E-state index in [-0.39, 0.29) is 11.8 Å². The Morgan fingerprint density at radius 2 is 2.19 bits per heavy atom. The number of hydrogen-bond donors (Lipinski definition) is 1. The number of benzene rings is 2. The van der Waals surface area contributed by atoms with E-state index in [1.165, 1.54) is 5.56 Å². The van der Waals surface area contributed by atoms with E-state index in [9.17, 15) is 4.79 Å². The Morgan fingerprint density at radius 3 is 3.00 bits per heavy atom. The van der Waals surface area contributed by atoms with Gasteiger partial charge in [-0.1, -0.05) is 17.7 Å². The predicted molar refractivity (Wildman–Crippen MR) is 103 cm³/mol. The highest BCUT2D eigenvalue weighted by atomic mass is 16.5. The third-order valence-corrected chi connectivity index (χ3v) is 5.06. The van der Waals surface area contributed by atoms with Gasteiger partial charge in [0.2, 0.25) is 5.91 Å². The Hall–Kier alpha value is -3.02. The van der Waals surface area contributed by atoms with E-state index >= 15 is 0 Å². The summed E-state index contributed by atoms with van der Waals surface area (Å²) in [6.45, 7) is 2.83. The Labute approximate surface area is 158 Å². The van der Waals surface area contributed by atoms with Crippen molar-refractivity contribution in [2.75, 3.05) is 13.7 Å². The van der Waals surface area contributed by atoms with Crippen LogP contribution >= 0.6 is 0 Å². The molecule has 6 nitrogen and oxygen atoms in total. The first kappa shape index (κ1) is 17.4. The number of ether oxygens (including phenoxy) is 2. The smallest absolute Gasteiger partial charge is 0.227 e. The van der Waals surface area contributed by atoms with Crippen molar-refractivity contribution in [1.29, 1.82) is 0 Å². The van der Waals surface area contributed by atoms with Gasteiger partial charge in [0.1, 0.15) is 18.1 Å². The molecular formula is C21H23N3O3. The number of aryl methyl sites for hydroxylation is 2. The lowest BCUT2D eigenvalue weighted by Crippen LogP contribution is -2.37. The standard InChI is InChI=1S/C21H23N3O3/c1-13-4-7-19-17(8-13)18(23-24(19)2)11-22-21(25)15-9-14-5-6-16(26-3)10-20(14)27-12-15/h4-8,10,15H,9,11-12H2,1-3H3,(H,22,25)/t15-/m0/s1. The number of methoxy groups -OCH3 is 1. The summed E-state index contributed by atoms with van der Waals surface area (Å²) in [6, 6.07) is 12.0. The molecule has 1 amide bonds. The Morgan fingerprint density at radius 1 is 1.33 bits per heavy atom. The Balaban J connectivity index is 1.45. The Kier molecular flexibility index (Phi) is 4.48. The fraction of sp³-hybridized carbons (Fsp3) is 0.333. The lowest BCUT2D eigenvalue weighted by Gasteiger charge is -2.24. The van der Waals surface area contributed by atoms with E-state index in [1.807, 2.05) is 29.9 Å².